The van der Waals surface area contributed by atoms with E-state index in [0.717, 1.165) is 35.4 Å². The summed E-state index contributed by atoms with van der Waals surface area (Å²) in [6.07, 6.45) is 3.64. The van der Waals surface area contributed by atoms with Crippen molar-refractivity contribution in [3.63, 3.8) is 0 Å². The van der Waals surface area contributed by atoms with Gasteiger partial charge in [0.1, 0.15) is 0 Å². The summed E-state index contributed by atoms with van der Waals surface area (Å²) < 4.78 is 13.1. The van der Waals surface area contributed by atoms with Gasteiger partial charge in [0.15, 0.2) is 23.8 Å². The second-order valence-electron chi connectivity index (χ2n) is 9.11. The van der Waals surface area contributed by atoms with Crippen molar-refractivity contribution in [2.75, 3.05) is 20.3 Å². The molecule has 3 heterocycles. The highest BCUT2D eigenvalue weighted by Crippen LogP contribution is 2.33. The first kappa shape index (κ1) is 21.2. The van der Waals surface area contributed by atoms with E-state index in [1.807, 2.05) is 46.7 Å². The van der Waals surface area contributed by atoms with E-state index in [2.05, 4.69) is 25.8 Å². The number of carbonyl (C=O) groups is 1. The summed E-state index contributed by atoms with van der Waals surface area (Å²) in [6, 6.07) is 9.63. The zero-order valence-corrected chi connectivity index (χ0v) is 18.9. The number of hydrogen-bond donors (Lipinski definition) is 0. The fourth-order valence-electron chi connectivity index (χ4n) is 4.02. The molecule has 1 atom stereocenters. The summed E-state index contributed by atoms with van der Waals surface area (Å²) in [7, 11) is 1.60. The molecule has 1 fully saturated rings. The Labute approximate surface area is 183 Å². The van der Waals surface area contributed by atoms with E-state index in [0.29, 0.717) is 18.0 Å². The molecule has 2 aromatic heterocycles. The van der Waals surface area contributed by atoms with Crippen LogP contribution in [0.15, 0.2) is 36.5 Å². The van der Waals surface area contributed by atoms with E-state index in [-0.39, 0.29) is 24.0 Å². The van der Waals surface area contributed by atoms with E-state index in [4.69, 9.17) is 14.6 Å². The highest BCUT2D eigenvalue weighted by atomic mass is 16.5. The van der Waals surface area contributed by atoms with Crippen LogP contribution in [0, 0.1) is 6.92 Å². The zero-order chi connectivity index (χ0) is 22.2. The summed E-state index contributed by atoms with van der Waals surface area (Å²) in [6.45, 7) is 9.07. The minimum Gasteiger partial charge on any atom is -0.493 e. The number of hydrogen-bond acceptors (Lipinski definition) is 5. The molecule has 7 nitrogen and oxygen atoms in total. The fraction of sp³-hybridized carbons (Fsp3) is 0.458. The van der Waals surface area contributed by atoms with Crippen molar-refractivity contribution in [2.24, 2.45) is 0 Å². The number of fused-ring (bicyclic) bond motifs is 1. The van der Waals surface area contributed by atoms with Gasteiger partial charge in [-0.1, -0.05) is 26.8 Å². The molecule has 0 aliphatic carbocycles. The molecule has 0 bridgehead atoms. The average molecular weight is 423 g/mol. The molecule has 0 spiro atoms. The summed E-state index contributed by atoms with van der Waals surface area (Å²) >= 11 is 0. The zero-order valence-electron chi connectivity index (χ0n) is 18.9. The van der Waals surface area contributed by atoms with E-state index < -0.39 is 0 Å². The lowest BCUT2D eigenvalue weighted by Gasteiger charge is -2.25. The first-order valence-electron chi connectivity index (χ1n) is 10.7. The van der Waals surface area contributed by atoms with Gasteiger partial charge in [-0.15, -0.1) is 0 Å². The fourth-order valence-corrected chi connectivity index (χ4v) is 4.02. The van der Waals surface area contributed by atoms with E-state index in [1.165, 1.54) is 0 Å². The maximum atomic E-state index is 13.1. The molecule has 4 rings (SSSR count). The molecular weight excluding hydrogens is 392 g/mol. The van der Waals surface area contributed by atoms with Gasteiger partial charge in [0.25, 0.3) is 5.91 Å². The predicted octanol–water partition coefficient (Wildman–Crippen LogP) is 4.09. The van der Waals surface area contributed by atoms with Gasteiger partial charge in [-0.3, -0.25) is 4.79 Å². The normalized spacial score (nSPS) is 16.7. The lowest BCUT2D eigenvalue weighted by Crippen LogP contribution is -2.35. The first-order chi connectivity index (χ1) is 14.8. The molecule has 0 N–H and O–H groups in total. The number of amides is 1. The van der Waals surface area contributed by atoms with Gasteiger partial charge in [-0.25, -0.2) is 9.50 Å². The van der Waals surface area contributed by atoms with Crippen LogP contribution >= 0.6 is 0 Å². The Morgan fingerprint density at radius 3 is 2.74 bits per heavy atom. The largest absolute Gasteiger partial charge is 0.493 e. The quantitative estimate of drug-likeness (QED) is 0.620. The van der Waals surface area contributed by atoms with Gasteiger partial charge in [0, 0.05) is 24.2 Å². The number of rotatable bonds is 5. The first-order valence-corrected chi connectivity index (χ1v) is 10.7. The van der Waals surface area contributed by atoms with Crippen molar-refractivity contribution in [1.82, 2.24) is 19.5 Å². The number of carbonyl (C=O) groups excluding carboxylic acids is 1. The highest BCUT2D eigenvalue weighted by Gasteiger charge is 2.32. The van der Waals surface area contributed by atoms with Crippen molar-refractivity contribution in [2.45, 2.75) is 52.0 Å². The Balaban J connectivity index is 1.55. The van der Waals surface area contributed by atoms with Crippen LogP contribution in [0.5, 0.6) is 11.5 Å². The third-order valence-electron chi connectivity index (χ3n) is 5.74. The van der Waals surface area contributed by atoms with E-state index >= 15 is 0 Å². The Hall–Kier alpha value is -3.09. The molecule has 164 valence electrons. The van der Waals surface area contributed by atoms with Crippen molar-refractivity contribution >= 4 is 11.6 Å². The van der Waals surface area contributed by atoms with Crippen LogP contribution in [0.3, 0.4) is 0 Å². The molecule has 0 saturated carbocycles. The van der Waals surface area contributed by atoms with Gasteiger partial charge < -0.3 is 14.4 Å². The van der Waals surface area contributed by atoms with Gasteiger partial charge in [0.2, 0.25) is 0 Å². The molecule has 1 amide bonds. The number of ether oxygens (including phenoxy) is 2. The third-order valence-corrected chi connectivity index (χ3v) is 5.74. The molecule has 0 radical (unpaired) electrons. The molecule has 7 heteroatoms. The van der Waals surface area contributed by atoms with E-state index in [1.54, 1.807) is 13.3 Å². The predicted molar refractivity (Wildman–Crippen MR) is 119 cm³/mol. The van der Waals surface area contributed by atoms with Crippen LogP contribution < -0.4 is 9.47 Å². The summed E-state index contributed by atoms with van der Waals surface area (Å²) in [4.78, 5) is 19.5. The van der Waals surface area contributed by atoms with Crippen LogP contribution in [-0.4, -0.2) is 45.7 Å². The van der Waals surface area contributed by atoms with Gasteiger partial charge in [-0.05, 0) is 43.5 Å². The number of likely N-dealkylation sites (tertiary alicyclic amines) is 1. The smallest absolute Gasteiger partial charge is 0.261 e. The topological polar surface area (TPSA) is 69.0 Å². The average Bonchev–Trinajstić information content (AvgIpc) is 3.39. The molecule has 1 aromatic carbocycles. The second-order valence-corrected chi connectivity index (χ2v) is 9.11. The van der Waals surface area contributed by atoms with Gasteiger partial charge in [-0.2, -0.15) is 5.10 Å². The Morgan fingerprint density at radius 1 is 1.19 bits per heavy atom. The molecule has 3 aromatic rings. The number of nitrogens with zero attached hydrogens (tertiary/aromatic N) is 4. The Morgan fingerprint density at radius 2 is 2.00 bits per heavy atom. The van der Waals surface area contributed by atoms with Gasteiger partial charge in [0.05, 0.1) is 24.5 Å². The van der Waals surface area contributed by atoms with E-state index in [9.17, 15) is 4.79 Å². The van der Waals surface area contributed by atoms with Gasteiger partial charge >= 0.3 is 0 Å². The van der Waals surface area contributed by atoms with Crippen LogP contribution in [0.25, 0.3) is 5.65 Å². The molecular formula is C24H30N4O3. The summed E-state index contributed by atoms with van der Waals surface area (Å²) in [5, 5.41) is 4.82. The minimum atomic E-state index is -0.0723. The van der Waals surface area contributed by atoms with Crippen molar-refractivity contribution < 1.29 is 14.3 Å². The minimum absolute atomic E-state index is 0.0313. The monoisotopic (exact) mass is 422 g/mol. The van der Waals surface area contributed by atoms with Crippen LogP contribution in [0.2, 0.25) is 0 Å². The van der Waals surface area contributed by atoms with Crippen LogP contribution in [0.4, 0.5) is 0 Å². The lowest BCUT2D eigenvalue weighted by atomic mass is 9.93. The lowest BCUT2D eigenvalue weighted by molar-refractivity contribution is -0.134. The third kappa shape index (κ3) is 4.22. The van der Waals surface area contributed by atoms with Crippen molar-refractivity contribution in [1.29, 1.82) is 0 Å². The van der Waals surface area contributed by atoms with Crippen LogP contribution in [-0.2, 0) is 10.2 Å². The maximum absolute atomic E-state index is 13.1. The second kappa shape index (κ2) is 8.21. The molecule has 1 unspecified atom stereocenters. The highest BCUT2D eigenvalue weighted by molar-refractivity contribution is 5.78. The molecule has 31 heavy (non-hydrogen) atoms. The molecule has 1 saturated heterocycles. The van der Waals surface area contributed by atoms with Crippen molar-refractivity contribution in [3.05, 3.63) is 53.5 Å². The SMILES string of the molecule is COc1cc(C)ccc1OCC(=O)N1CCCC1c1ccnc2cc(C(C)(C)C)nn12. The summed E-state index contributed by atoms with van der Waals surface area (Å²) in [5.74, 6) is 1.16. The maximum Gasteiger partial charge on any atom is 0.261 e. The van der Waals surface area contributed by atoms with Crippen LogP contribution in [0.1, 0.15) is 56.6 Å². The number of aromatic nitrogens is 3. The number of benzene rings is 1. The standard InChI is InChI=1S/C24H30N4O3/c1-16-8-9-19(20(13-16)30-5)31-15-23(29)27-12-6-7-17(27)18-10-11-25-22-14-21(24(2,3)4)26-28(18)22/h8-11,13-14,17H,6-7,12,15H2,1-5H3. The molecule has 1 aliphatic heterocycles. The van der Waals surface area contributed by atoms with Crippen molar-refractivity contribution in [3.8, 4) is 11.5 Å². The molecule has 1 aliphatic rings. The Bertz CT molecular complexity index is 1100. The number of aryl methyl sites for hydroxylation is 1. The summed E-state index contributed by atoms with van der Waals surface area (Å²) in [5.41, 5.74) is 3.78. The number of methoxy groups -OCH3 is 1. The Kier molecular flexibility index (Phi) is 5.60.